The first-order valence-corrected chi connectivity index (χ1v) is 6.24. The smallest absolute Gasteiger partial charge is 0.237 e. The second kappa shape index (κ2) is 7.43. The fraction of sp³-hybridized carbons (Fsp3) is 0.556. The van der Waals surface area contributed by atoms with Gasteiger partial charge in [0.25, 0.3) is 0 Å². The lowest BCUT2D eigenvalue weighted by atomic mass is 10.6. The Hall–Kier alpha value is -1.16. The third kappa shape index (κ3) is 3.90. The lowest BCUT2D eigenvalue weighted by Crippen LogP contribution is -2.05. The van der Waals surface area contributed by atoms with Gasteiger partial charge in [-0.2, -0.15) is 4.98 Å². The van der Waals surface area contributed by atoms with Gasteiger partial charge in [0.05, 0.1) is 12.3 Å². The zero-order valence-electron chi connectivity index (χ0n) is 10.6. The van der Waals surface area contributed by atoms with E-state index in [1.807, 2.05) is 11.6 Å². The summed E-state index contributed by atoms with van der Waals surface area (Å²) >= 11 is 1.46. The van der Waals surface area contributed by atoms with Gasteiger partial charge in [-0.05, 0) is 0 Å². The Kier molecular flexibility index (Phi) is 6.22. The highest BCUT2D eigenvalue weighted by Gasteiger charge is 2.11. The van der Waals surface area contributed by atoms with Gasteiger partial charge in [-0.3, -0.25) is 0 Å². The van der Waals surface area contributed by atoms with Crippen molar-refractivity contribution in [3.63, 3.8) is 0 Å². The van der Waals surface area contributed by atoms with Gasteiger partial charge in [0.15, 0.2) is 11.0 Å². The van der Waals surface area contributed by atoms with Gasteiger partial charge in [0, 0.05) is 14.2 Å². The van der Waals surface area contributed by atoms with E-state index in [4.69, 9.17) is 15.0 Å². The molecule has 0 spiro atoms. The predicted octanol–water partition coefficient (Wildman–Crippen LogP) is 0.517. The zero-order valence-corrected chi connectivity index (χ0v) is 12.2. The highest BCUT2D eigenvalue weighted by atomic mass is 35.5. The molecule has 10 heteroatoms. The first-order valence-electron chi connectivity index (χ1n) is 5.26. The molecule has 0 saturated heterocycles. The molecule has 106 valence electrons. The topological polar surface area (TPSA) is 105 Å². The van der Waals surface area contributed by atoms with Gasteiger partial charge in [-0.25, -0.2) is 0 Å². The van der Waals surface area contributed by atoms with Crippen molar-refractivity contribution in [3.05, 3.63) is 17.5 Å². The molecule has 2 heterocycles. The molecule has 0 unspecified atom stereocenters. The van der Waals surface area contributed by atoms with Crippen molar-refractivity contribution < 1.29 is 9.26 Å². The molecule has 0 aromatic carbocycles. The summed E-state index contributed by atoms with van der Waals surface area (Å²) in [5, 5.41) is 12.5. The van der Waals surface area contributed by atoms with Crippen molar-refractivity contribution in [2.75, 3.05) is 7.11 Å². The highest BCUT2D eigenvalue weighted by Crippen LogP contribution is 2.20. The van der Waals surface area contributed by atoms with Gasteiger partial charge in [-0.15, -0.1) is 22.6 Å². The predicted molar refractivity (Wildman–Crippen MR) is 70.7 cm³/mol. The number of ether oxygens (including phenoxy) is 1. The van der Waals surface area contributed by atoms with Crippen molar-refractivity contribution in [2.45, 2.75) is 24.1 Å². The molecule has 0 aliphatic rings. The number of aromatic nitrogens is 5. The number of hydrogen-bond acceptors (Lipinski definition) is 8. The number of thioether (sulfide) groups is 1. The van der Waals surface area contributed by atoms with Crippen molar-refractivity contribution in [2.24, 2.45) is 12.8 Å². The Morgan fingerprint density at radius 3 is 2.84 bits per heavy atom. The fourth-order valence-electron chi connectivity index (χ4n) is 1.31. The molecular weight excluding hydrogens is 292 g/mol. The molecule has 0 radical (unpaired) electrons. The van der Waals surface area contributed by atoms with Gasteiger partial charge in [-0.1, -0.05) is 16.9 Å². The molecule has 0 fully saturated rings. The maximum Gasteiger partial charge on any atom is 0.237 e. The van der Waals surface area contributed by atoms with Crippen LogP contribution in [0.2, 0.25) is 0 Å². The van der Waals surface area contributed by atoms with Crippen LogP contribution in [0.15, 0.2) is 9.68 Å². The number of nitrogens with zero attached hydrogens (tertiary/aromatic N) is 5. The van der Waals surface area contributed by atoms with Crippen LogP contribution in [0.3, 0.4) is 0 Å². The molecule has 0 amide bonds. The van der Waals surface area contributed by atoms with Crippen LogP contribution in [-0.4, -0.2) is 32.0 Å². The van der Waals surface area contributed by atoms with Gasteiger partial charge >= 0.3 is 0 Å². The van der Waals surface area contributed by atoms with E-state index in [1.54, 1.807) is 7.11 Å². The van der Waals surface area contributed by atoms with E-state index in [9.17, 15) is 0 Å². The minimum atomic E-state index is 0. The Morgan fingerprint density at radius 2 is 2.21 bits per heavy atom. The summed E-state index contributed by atoms with van der Waals surface area (Å²) < 4.78 is 11.8. The third-order valence-corrected chi connectivity index (χ3v) is 3.22. The van der Waals surface area contributed by atoms with Gasteiger partial charge < -0.3 is 19.6 Å². The standard InChI is InChI=1S/C9H14N6O2S.ClH/c1-15-7(3-10)12-13-9(15)18-5-8-11-6(4-16-2)14-17-8;/h3-5,10H2,1-2H3;1H. The molecule has 0 aliphatic carbocycles. The first kappa shape index (κ1) is 15.9. The molecule has 19 heavy (non-hydrogen) atoms. The quantitative estimate of drug-likeness (QED) is 0.770. The number of nitrogens with two attached hydrogens (primary N) is 1. The van der Waals surface area contributed by atoms with Gasteiger partial charge in [0.1, 0.15) is 12.4 Å². The van der Waals surface area contributed by atoms with Crippen LogP contribution in [-0.2, 0) is 30.7 Å². The third-order valence-electron chi connectivity index (χ3n) is 2.22. The van der Waals surface area contributed by atoms with E-state index in [2.05, 4.69) is 20.3 Å². The SMILES string of the molecule is COCc1noc(CSc2nnc(CN)n2C)n1.Cl. The Labute approximate surface area is 120 Å². The summed E-state index contributed by atoms with van der Waals surface area (Å²) in [5.41, 5.74) is 5.52. The molecule has 2 aromatic rings. The van der Waals surface area contributed by atoms with Crippen molar-refractivity contribution in [1.29, 1.82) is 0 Å². The lowest BCUT2D eigenvalue weighted by molar-refractivity contribution is 0.174. The van der Waals surface area contributed by atoms with E-state index in [-0.39, 0.29) is 12.4 Å². The van der Waals surface area contributed by atoms with Crippen molar-refractivity contribution in [1.82, 2.24) is 24.9 Å². The summed E-state index contributed by atoms with van der Waals surface area (Å²) in [6.45, 7) is 0.706. The minimum Gasteiger partial charge on any atom is -0.377 e. The number of hydrogen-bond donors (Lipinski definition) is 1. The highest BCUT2D eigenvalue weighted by molar-refractivity contribution is 7.98. The van der Waals surface area contributed by atoms with E-state index >= 15 is 0 Å². The van der Waals surface area contributed by atoms with Gasteiger partial charge in [0.2, 0.25) is 5.89 Å². The Morgan fingerprint density at radius 1 is 1.42 bits per heavy atom. The van der Waals surface area contributed by atoms with E-state index < -0.39 is 0 Å². The van der Waals surface area contributed by atoms with E-state index in [1.165, 1.54) is 11.8 Å². The van der Waals surface area contributed by atoms with Crippen LogP contribution in [0.25, 0.3) is 0 Å². The van der Waals surface area contributed by atoms with Crippen LogP contribution in [0.1, 0.15) is 17.5 Å². The molecule has 0 saturated carbocycles. The number of methoxy groups -OCH3 is 1. The van der Waals surface area contributed by atoms with Crippen LogP contribution >= 0.6 is 24.2 Å². The average Bonchev–Trinajstić information content (AvgIpc) is 2.94. The summed E-state index contributed by atoms with van der Waals surface area (Å²) in [6.07, 6.45) is 0. The molecule has 2 rings (SSSR count). The summed E-state index contributed by atoms with van der Waals surface area (Å²) in [4.78, 5) is 4.17. The summed E-state index contributed by atoms with van der Waals surface area (Å²) in [7, 11) is 3.45. The first-order chi connectivity index (χ1) is 8.74. The maximum atomic E-state index is 5.52. The molecular formula is C9H15ClN6O2S. The normalized spacial score (nSPS) is 10.5. The zero-order chi connectivity index (χ0) is 13.0. The molecule has 2 aromatic heterocycles. The molecule has 0 aliphatic heterocycles. The number of halogens is 1. The van der Waals surface area contributed by atoms with Crippen molar-refractivity contribution in [3.8, 4) is 0 Å². The minimum absolute atomic E-state index is 0. The molecule has 8 nitrogen and oxygen atoms in total. The monoisotopic (exact) mass is 306 g/mol. The maximum absolute atomic E-state index is 5.52. The molecule has 2 N–H and O–H groups in total. The van der Waals surface area contributed by atoms with Crippen LogP contribution in [0.4, 0.5) is 0 Å². The van der Waals surface area contributed by atoms with Crippen LogP contribution in [0, 0.1) is 0 Å². The van der Waals surface area contributed by atoms with Crippen molar-refractivity contribution >= 4 is 24.2 Å². The number of rotatable bonds is 6. The van der Waals surface area contributed by atoms with E-state index in [0.717, 1.165) is 11.0 Å². The van der Waals surface area contributed by atoms with Crippen LogP contribution in [0.5, 0.6) is 0 Å². The second-order valence-electron chi connectivity index (χ2n) is 3.49. The Bertz CT molecular complexity index is 517. The molecule has 0 atom stereocenters. The molecule has 0 bridgehead atoms. The Balaban J connectivity index is 0.00000180. The summed E-state index contributed by atoms with van der Waals surface area (Å²) in [6, 6.07) is 0. The van der Waals surface area contributed by atoms with Crippen LogP contribution < -0.4 is 5.73 Å². The average molecular weight is 307 g/mol. The van der Waals surface area contributed by atoms with E-state index in [0.29, 0.717) is 30.6 Å². The lowest BCUT2D eigenvalue weighted by Gasteiger charge is -1.99. The fourth-order valence-corrected chi connectivity index (χ4v) is 2.08. The largest absolute Gasteiger partial charge is 0.377 e. The second-order valence-corrected chi connectivity index (χ2v) is 4.43. The summed E-state index contributed by atoms with van der Waals surface area (Å²) in [5.74, 6) is 2.34.